The minimum atomic E-state index is -3.84. The summed E-state index contributed by atoms with van der Waals surface area (Å²) >= 11 is 0. The maximum Gasteiger partial charge on any atom is 0.586 e. The van der Waals surface area contributed by atoms with Gasteiger partial charge in [0, 0.05) is 11.6 Å². The maximum atomic E-state index is 13.2. The van der Waals surface area contributed by atoms with Crippen molar-refractivity contribution in [2.75, 3.05) is 0 Å². The number of benzene rings is 2. The molecule has 0 spiro atoms. The molecule has 1 aliphatic heterocycles. The number of alkyl halides is 2. The molecule has 0 fully saturated rings. The van der Waals surface area contributed by atoms with Crippen LogP contribution in [-0.2, 0) is 0 Å². The Bertz CT molecular complexity index is 1040. The molecule has 30 heavy (non-hydrogen) atoms. The number of halogens is 2. The van der Waals surface area contributed by atoms with E-state index in [-0.39, 0.29) is 22.6 Å². The number of nitro groups is 1. The zero-order valence-electron chi connectivity index (χ0n) is 16.1. The van der Waals surface area contributed by atoms with Crippen LogP contribution in [0.25, 0.3) is 0 Å². The second-order valence-corrected chi connectivity index (χ2v) is 7.36. The van der Waals surface area contributed by atoms with E-state index >= 15 is 0 Å². The fourth-order valence-electron chi connectivity index (χ4n) is 2.71. The second kappa shape index (κ2) is 7.25. The van der Waals surface area contributed by atoms with Crippen molar-refractivity contribution in [1.29, 1.82) is 0 Å². The topological polar surface area (TPSA) is 111 Å². The summed E-state index contributed by atoms with van der Waals surface area (Å²) in [6.07, 6.45) is -3.84. The molecule has 2 aromatic carbocycles. The summed E-state index contributed by atoms with van der Waals surface area (Å²) in [5, 5.41) is 12.2. The zero-order chi connectivity index (χ0) is 22.3. The molecule has 3 rings (SSSR count). The van der Waals surface area contributed by atoms with Crippen molar-refractivity contribution in [3.05, 3.63) is 63.7 Å². The molecule has 1 N–H and O–H groups in total. The molecule has 2 aromatic rings. The van der Waals surface area contributed by atoms with Gasteiger partial charge in [0.25, 0.3) is 17.5 Å². The molecule has 0 atom stereocenters. The Morgan fingerprint density at radius 1 is 1.10 bits per heavy atom. The first kappa shape index (κ1) is 21.0. The highest BCUT2D eigenvalue weighted by molar-refractivity contribution is 6.01. The lowest BCUT2D eigenvalue weighted by atomic mass is 10.1. The van der Waals surface area contributed by atoms with Crippen LogP contribution < -0.4 is 14.9 Å². The van der Waals surface area contributed by atoms with Crippen LogP contribution >= 0.6 is 0 Å². The van der Waals surface area contributed by atoms with Gasteiger partial charge in [0.1, 0.15) is 5.56 Å². The smallest absolute Gasteiger partial charge is 0.395 e. The Balaban J connectivity index is 1.89. The highest BCUT2D eigenvalue weighted by atomic mass is 19.3. The Kier molecular flexibility index (Phi) is 5.06. The van der Waals surface area contributed by atoms with E-state index in [0.29, 0.717) is 0 Å². The third kappa shape index (κ3) is 4.14. The number of carbonyl (C=O) groups excluding carboxylic acids is 2. The molecular weight excluding hydrogens is 404 g/mol. The first-order valence-corrected chi connectivity index (χ1v) is 8.68. The molecule has 0 saturated carbocycles. The molecule has 11 heteroatoms. The van der Waals surface area contributed by atoms with Crippen molar-refractivity contribution < 1.29 is 32.8 Å². The van der Waals surface area contributed by atoms with Crippen molar-refractivity contribution >= 4 is 17.5 Å². The number of hydrogen-bond acceptors (Lipinski definition) is 6. The molecule has 0 aromatic heterocycles. The quantitative estimate of drug-likeness (QED) is 0.600. The molecule has 0 radical (unpaired) electrons. The highest BCUT2D eigenvalue weighted by Crippen LogP contribution is 2.41. The van der Waals surface area contributed by atoms with E-state index in [0.717, 1.165) is 17.1 Å². The minimum Gasteiger partial charge on any atom is -0.395 e. The fourth-order valence-corrected chi connectivity index (χ4v) is 2.71. The largest absolute Gasteiger partial charge is 0.586 e. The Hall–Kier alpha value is -3.76. The predicted octanol–water partition coefficient (Wildman–Crippen LogP) is 3.50. The Labute approximate surface area is 169 Å². The van der Waals surface area contributed by atoms with E-state index in [4.69, 9.17) is 0 Å². The molecular formula is C19H17F2N3O6. The van der Waals surface area contributed by atoms with Gasteiger partial charge in [-0.25, -0.2) is 5.01 Å². The minimum absolute atomic E-state index is 0.0836. The first-order chi connectivity index (χ1) is 13.9. The van der Waals surface area contributed by atoms with Crippen LogP contribution in [-0.4, -0.2) is 33.6 Å². The normalized spacial score (nSPS) is 14.2. The van der Waals surface area contributed by atoms with Gasteiger partial charge < -0.3 is 9.47 Å². The van der Waals surface area contributed by atoms with Gasteiger partial charge in [-0.15, -0.1) is 8.78 Å². The maximum absolute atomic E-state index is 13.2. The van der Waals surface area contributed by atoms with Crippen LogP contribution in [0.5, 0.6) is 11.5 Å². The summed E-state index contributed by atoms with van der Waals surface area (Å²) in [5.41, 5.74) is 0.692. The van der Waals surface area contributed by atoms with Gasteiger partial charge in [-0.2, -0.15) is 0 Å². The molecule has 1 heterocycles. The lowest BCUT2D eigenvalue weighted by Crippen LogP contribution is -2.56. The molecule has 0 bridgehead atoms. The number of hydrogen-bond donors (Lipinski definition) is 1. The van der Waals surface area contributed by atoms with Crippen molar-refractivity contribution in [3.8, 4) is 11.5 Å². The van der Waals surface area contributed by atoms with E-state index in [2.05, 4.69) is 14.9 Å². The fraction of sp³-hybridized carbons (Fsp3) is 0.263. The van der Waals surface area contributed by atoms with Gasteiger partial charge in [-0.1, -0.05) is 12.1 Å². The van der Waals surface area contributed by atoms with Gasteiger partial charge in [-0.3, -0.25) is 25.1 Å². The molecule has 0 aliphatic carbocycles. The van der Waals surface area contributed by atoms with Gasteiger partial charge in [-0.05, 0) is 45.0 Å². The van der Waals surface area contributed by atoms with Crippen LogP contribution in [0.2, 0.25) is 0 Å². The summed E-state index contributed by atoms with van der Waals surface area (Å²) in [5.74, 6) is -2.19. The van der Waals surface area contributed by atoms with E-state index in [1.54, 1.807) is 20.8 Å². The van der Waals surface area contributed by atoms with Crippen LogP contribution in [0, 0.1) is 10.1 Å². The SMILES string of the molecule is CC(C)(C)N(NC(=O)c1ccc2c(c1)OC(F)(F)O2)C(=O)c1ccccc1[N+](=O)[O-]. The number of carbonyl (C=O) groups is 2. The Morgan fingerprint density at radius 2 is 1.73 bits per heavy atom. The average molecular weight is 421 g/mol. The Morgan fingerprint density at radius 3 is 2.37 bits per heavy atom. The van der Waals surface area contributed by atoms with E-state index in [1.165, 1.54) is 30.3 Å². The van der Waals surface area contributed by atoms with E-state index < -0.39 is 34.3 Å². The second-order valence-electron chi connectivity index (χ2n) is 7.36. The van der Waals surface area contributed by atoms with Crippen molar-refractivity contribution in [2.24, 2.45) is 0 Å². The molecule has 9 nitrogen and oxygen atoms in total. The number of hydrazine groups is 1. The van der Waals surface area contributed by atoms with Gasteiger partial charge in [0.05, 0.1) is 10.5 Å². The summed E-state index contributed by atoms with van der Waals surface area (Å²) in [6.45, 7) is 4.83. The first-order valence-electron chi connectivity index (χ1n) is 8.68. The van der Waals surface area contributed by atoms with Crippen LogP contribution in [0.4, 0.5) is 14.5 Å². The van der Waals surface area contributed by atoms with Crippen molar-refractivity contribution in [3.63, 3.8) is 0 Å². The molecule has 2 amide bonds. The van der Waals surface area contributed by atoms with E-state index in [9.17, 15) is 28.5 Å². The van der Waals surface area contributed by atoms with Gasteiger partial charge >= 0.3 is 6.29 Å². The number of para-hydroxylation sites is 1. The van der Waals surface area contributed by atoms with Crippen molar-refractivity contribution in [2.45, 2.75) is 32.6 Å². The lowest BCUT2D eigenvalue weighted by Gasteiger charge is -2.35. The number of ether oxygens (including phenoxy) is 2. The number of fused-ring (bicyclic) bond motifs is 1. The molecule has 158 valence electrons. The number of nitro benzene ring substituents is 1. The molecule has 0 unspecified atom stereocenters. The molecule has 0 saturated heterocycles. The van der Waals surface area contributed by atoms with E-state index in [1.807, 2.05) is 0 Å². The standard InChI is InChI=1S/C19H17F2N3O6/c1-18(2,3)23(17(26)12-6-4-5-7-13(12)24(27)28)22-16(25)11-8-9-14-15(10-11)30-19(20,21)29-14/h4-10H,1-3H3,(H,22,25). The van der Waals surface area contributed by atoms with Crippen molar-refractivity contribution in [1.82, 2.24) is 10.4 Å². The number of amides is 2. The third-order valence-corrected chi connectivity index (χ3v) is 4.08. The highest BCUT2D eigenvalue weighted by Gasteiger charge is 2.43. The molecule has 1 aliphatic rings. The van der Waals surface area contributed by atoms with Gasteiger partial charge in [0.2, 0.25) is 0 Å². The number of nitrogens with zero attached hydrogens (tertiary/aromatic N) is 2. The monoisotopic (exact) mass is 421 g/mol. The zero-order valence-corrected chi connectivity index (χ0v) is 16.1. The third-order valence-electron chi connectivity index (χ3n) is 4.08. The van der Waals surface area contributed by atoms with Crippen LogP contribution in [0.1, 0.15) is 41.5 Å². The summed E-state index contributed by atoms with van der Waals surface area (Å²) in [7, 11) is 0. The van der Waals surface area contributed by atoms with Crippen LogP contribution in [0.15, 0.2) is 42.5 Å². The average Bonchev–Trinajstić information content (AvgIpc) is 2.97. The van der Waals surface area contributed by atoms with Gasteiger partial charge in [0.15, 0.2) is 11.5 Å². The summed E-state index contributed by atoms with van der Waals surface area (Å²) in [4.78, 5) is 36.3. The summed E-state index contributed by atoms with van der Waals surface area (Å²) in [6, 6.07) is 8.72. The summed E-state index contributed by atoms with van der Waals surface area (Å²) < 4.78 is 35.0. The van der Waals surface area contributed by atoms with Crippen LogP contribution in [0.3, 0.4) is 0 Å². The number of nitrogens with one attached hydrogen (secondary N) is 1. The lowest BCUT2D eigenvalue weighted by molar-refractivity contribution is -0.385. The predicted molar refractivity (Wildman–Crippen MR) is 99.1 cm³/mol. The number of rotatable bonds is 3.